The zero-order valence-corrected chi connectivity index (χ0v) is 20.6. The normalized spacial score (nSPS) is 12.4. The second-order valence-electron chi connectivity index (χ2n) is 8.05. The van der Waals surface area contributed by atoms with E-state index in [4.69, 9.17) is 9.15 Å². The van der Waals surface area contributed by atoms with E-state index in [1.165, 1.54) is 36.1 Å². The molecule has 3 aromatic rings. The molecule has 0 aliphatic carbocycles. The van der Waals surface area contributed by atoms with Crippen LogP contribution in [0.1, 0.15) is 41.0 Å². The topological polar surface area (TPSA) is 115 Å². The fraction of sp³-hybridized carbons (Fsp3) is 0.231. The molecule has 1 unspecified atom stereocenters. The van der Waals surface area contributed by atoms with Gasteiger partial charge in [-0.15, -0.1) is 0 Å². The minimum absolute atomic E-state index is 0.0415. The van der Waals surface area contributed by atoms with Gasteiger partial charge < -0.3 is 14.5 Å². The molecular weight excluding hydrogens is 468 g/mol. The van der Waals surface area contributed by atoms with Gasteiger partial charge in [-0.2, -0.15) is 0 Å². The Morgan fingerprint density at radius 1 is 1.06 bits per heavy atom. The number of rotatable bonds is 10. The van der Waals surface area contributed by atoms with Crippen LogP contribution in [0.4, 0.5) is 0 Å². The highest BCUT2D eigenvalue weighted by Gasteiger charge is 2.14. The van der Waals surface area contributed by atoms with Gasteiger partial charge in [0.05, 0.1) is 23.7 Å². The Labute approximate surface area is 205 Å². The van der Waals surface area contributed by atoms with Crippen molar-refractivity contribution >= 4 is 28.0 Å². The maximum absolute atomic E-state index is 12.4. The van der Waals surface area contributed by atoms with Crippen molar-refractivity contribution in [1.29, 1.82) is 0 Å². The molecule has 0 spiro atoms. The monoisotopic (exact) mass is 496 g/mol. The van der Waals surface area contributed by atoms with E-state index in [0.29, 0.717) is 11.3 Å². The molecular formula is C26H28N2O6S. The van der Waals surface area contributed by atoms with Crippen molar-refractivity contribution in [2.24, 2.45) is 0 Å². The van der Waals surface area contributed by atoms with Crippen molar-refractivity contribution in [3.05, 3.63) is 95.0 Å². The van der Waals surface area contributed by atoms with E-state index in [-0.39, 0.29) is 17.5 Å². The first-order valence-corrected chi connectivity index (χ1v) is 12.5. The molecule has 184 valence electrons. The molecule has 0 aliphatic rings. The molecule has 0 saturated heterocycles. The average Bonchev–Trinajstić information content (AvgIpc) is 3.36. The average molecular weight is 497 g/mol. The molecule has 2 aromatic carbocycles. The number of carbonyl (C=O) groups excluding carboxylic acids is 2. The van der Waals surface area contributed by atoms with Gasteiger partial charge in [-0.25, -0.2) is 17.9 Å². The Morgan fingerprint density at radius 3 is 2.46 bits per heavy atom. The minimum atomic E-state index is -3.71. The largest absolute Gasteiger partial charge is 0.468 e. The maximum Gasteiger partial charge on any atom is 0.331 e. The summed E-state index contributed by atoms with van der Waals surface area (Å²) in [5, 5.41) is 2.80. The van der Waals surface area contributed by atoms with Crippen LogP contribution in [0.5, 0.6) is 0 Å². The highest BCUT2D eigenvalue weighted by atomic mass is 32.2. The van der Waals surface area contributed by atoms with Gasteiger partial charge in [-0.3, -0.25) is 4.79 Å². The summed E-state index contributed by atoms with van der Waals surface area (Å²) >= 11 is 0. The van der Waals surface area contributed by atoms with Crippen molar-refractivity contribution in [2.75, 3.05) is 6.61 Å². The number of furan rings is 1. The van der Waals surface area contributed by atoms with Gasteiger partial charge in [0.1, 0.15) is 5.76 Å². The van der Waals surface area contributed by atoms with E-state index in [1.807, 2.05) is 39.0 Å². The maximum atomic E-state index is 12.4. The molecule has 0 fully saturated rings. The SMILES string of the molecule is Cc1ccc(C(C)NC(=O)COC(=O)/C=C/c2ccc(S(=O)(=O)NCc3ccco3)cc2)cc1C. The molecule has 3 rings (SSSR count). The summed E-state index contributed by atoms with van der Waals surface area (Å²) in [4.78, 5) is 24.2. The van der Waals surface area contributed by atoms with Crippen LogP contribution in [0, 0.1) is 13.8 Å². The Balaban J connectivity index is 1.46. The molecule has 8 nitrogen and oxygen atoms in total. The first kappa shape index (κ1) is 25.9. The lowest BCUT2D eigenvalue weighted by Gasteiger charge is -2.15. The lowest BCUT2D eigenvalue weighted by Crippen LogP contribution is -2.31. The molecule has 0 aliphatic heterocycles. The summed E-state index contributed by atoms with van der Waals surface area (Å²) < 4.78 is 37.3. The molecule has 9 heteroatoms. The van der Waals surface area contributed by atoms with Crippen molar-refractivity contribution in [1.82, 2.24) is 10.0 Å². The van der Waals surface area contributed by atoms with Gasteiger partial charge in [0, 0.05) is 6.08 Å². The number of esters is 1. The van der Waals surface area contributed by atoms with Crippen LogP contribution in [0.3, 0.4) is 0 Å². The molecule has 1 aromatic heterocycles. The molecule has 1 atom stereocenters. The summed E-state index contributed by atoms with van der Waals surface area (Å²) in [6, 6.07) is 15.1. The van der Waals surface area contributed by atoms with E-state index < -0.39 is 28.5 Å². The van der Waals surface area contributed by atoms with Gasteiger partial charge in [0.15, 0.2) is 6.61 Å². The van der Waals surface area contributed by atoms with Crippen LogP contribution < -0.4 is 10.0 Å². The Kier molecular flexibility index (Phi) is 8.62. The molecule has 0 bridgehead atoms. The van der Waals surface area contributed by atoms with Crippen LogP contribution in [0.2, 0.25) is 0 Å². The van der Waals surface area contributed by atoms with Crippen LogP contribution in [0.25, 0.3) is 6.08 Å². The number of amides is 1. The zero-order valence-electron chi connectivity index (χ0n) is 19.8. The Morgan fingerprint density at radius 2 is 1.80 bits per heavy atom. The van der Waals surface area contributed by atoms with Crippen molar-refractivity contribution in [3.63, 3.8) is 0 Å². The highest BCUT2D eigenvalue weighted by molar-refractivity contribution is 7.89. The van der Waals surface area contributed by atoms with Crippen molar-refractivity contribution < 1.29 is 27.2 Å². The second kappa shape index (κ2) is 11.6. The molecule has 1 heterocycles. The number of benzene rings is 2. The van der Waals surface area contributed by atoms with E-state index in [2.05, 4.69) is 10.0 Å². The van der Waals surface area contributed by atoms with E-state index in [9.17, 15) is 18.0 Å². The summed E-state index contributed by atoms with van der Waals surface area (Å²) in [5.41, 5.74) is 3.87. The molecule has 2 N–H and O–H groups in total. The molecule has 0 radical (unpaired) electrons. The third-order valence-corrected chi connectivity index (χ3v) is 6.79. The van der Waals surface area contributed by atoms with Crippen LogP contribution in [-0.4, -0.2) is 26.9 Å². The van der Waals surface area contributed by atoms with Crippen LogP contribution in [0.15, 0.2) is 76.2 Å². The first-order valence-electron chi connectivity index (χ1n) is 11.0. The molecule has 35 heavy (non-hydrogen) atoms. The second-order valence-corrected chi connectivity index (χ2v) is 9.81. The van der Waals surface area contributed by atoms with Crippen molar-refractivity contribution in [2.45, 2.75) is 38.3 Å². The smallest absolute Gasteiger partial charge is 0.331 e. The summed E-state index contributed by atoms with van der Waals surface area (Å²) in [6.07, 6.45) is 4.12. The minimum Gasteiger partial charge on any atom is -0.468 e. The number of aryl methyl sites for hydroxylation is 2. The lowest BCUT2D eigenvalue weighted by atomic mass is 10.0. The lowest BCUT2D eigenvalue weighted by molar-refractivity contribution is -0.144. The van der Waals surface area contributed by atoms with E-state index in [0.717, 1.165) is 11.1 Å². The van der Waals surface area contributed by atoms with Gasteiger partial charge in [0.25, 0.3) is 5.91 Å². The number of carbonyl (C=O) groups is 2. The Bertz CT molecular complexity index is 1300. The van der Waals surface area contributed by atoms with Gasteiger partial charge in [-0.05, 0) is 73.4 Å². The standard InChI is InChI=1S/C26H28N2O6S/c1-18-6-10-22(15-19(18)2)20(3)28-25(29)17-34-26(30)13-9-21-7-11-24(12-8-21)35(31,32)27-16-23-5-4-14-33-23/h4-15,20,27H,16-17H2,1-3H3,(H,28,29)/b13-9+. The van der Waals surface area contributed by atoms with Gasteiger partial charge in [-0.1, -0.05) is 30.3 Å². The number of hydrogen-bond donors (Lipinski definition) is 2. The highest BCUT2D eigenvalue weighted by Crippen LogP contribution is 2.17. The van der Waals surface area contributed by atoms with Crippen LogP contribution in [-0.2, 0) is 30.9 Å². The quantitative estimate of drug-likeness (QED) is 0.326. The number of nitrogens with one attached hydrogen (secondary N) is 2. The fourth-order valence-electron chi connectivity index (χ4n) is 3.17. The summed E-state index contributed by atoms with van der Waals surface area (Å²) in [6.45, 7) is 5.52. The number of ether oxygens (including phenoxy) is 1. The van der Waals surface area contributed by atoms with E-state index >= 15 is 0 Å². The van der Waals surface area contributed by atoms with Gasteiger partial charge in [0.2, 0.25) is 10.0 Å². The number of hydrogen-bond acceptors (Lipinski definition) is 6. The fourth-order valence-corrected chi connectivity index (χ4v) is 4.16. The zero-order chi connectivity index (χ0) is 25.4. The molecule has 1 amide bonds. The van der Waals surface area contributed by atoms with Crippen LogP contribution >= 0.6 is 0 Å². The Hall–Kier alpha value is -3.69. The summed E-state index contributed by atoms with van der Waals surface area (Å²) in [7, 11) is -3.71. The van der Waals surface area contributed by atoms with Gasteiger partial charge >= 0.3 is 5.97 Å². The van der Waals surface area contributed by atoms with E-state index in [1.54, 1.807) is 24.3 Å². The molecule has 0 saturated carbocycles. The first-order chi connectivity index (χ1) is 16.6. The third-order valence-electron chi connectivity index (χ3n) is 5.37. The number of sulfonamides is 1. The predicted octanol–water partition coefficient (Wildman–Crippen LogP) is 3.81. The summed E-state index contributed by atoms with van der Waals surface area (Å²) in [5.74, 6) is -0.593. The van der Waals surface area contributed by atoms with Crippen molar-refractivity contribution in [3.8, 4) is 0 Å². The third kappa shape index (κ3) is 7.66. The predicted molar refractivity (Wildman–Crippen MR) is 132 cm³/mol.